The molecule has 0 aliphatic carbocycles. The van der Waals surface area contributed by atoms with Crippen molar-refractivity contribution in [2.45, 2.75) is 13.0 Å². The normalized spacial score (nSPS) is 11.5. The van der Waals surface area contributed by atoms with Gasteiger partial charge in [-0.25, -0.2) is 0 Å². The average Bonchev–Trinajstić information content (AvgIpc) is 2.13. The third-order valence-electron chi connectivity index (χ3n) is 1.82. The number of pyridine rings is 1. The lowest BCUT2D eigenvalue weighted by atomic mass is 10.3. The van der Waals surface area contributed by atoms with E-state index in [9.17, 15) is 9.59 Å². The summed E-state index contributed by atoms with van der Waals surface area (Å²) in [5.74, 6) is -0.329. The van der Waals surface area contributed by atoms with Gasteiger partial charge in [0.05, 0.1) is 11.7 Å². The summed E-state index contributed by atoms with van der Waals surface area (Å²) in [5.41, 5.74) is 5.51. The number of nitrogens with one attached hydrogen (secondary N) is 1. The van der Waals surface area contributed by atoms with Crippen LogP contribution in [0.15, 0.2) is 17.1 Å². The molecule has 7 heteroatoms. The first-order valence-electron chi connectivity index (χ1n) is 4.34. The van der Waals surface area contributed by atoms with E-state index in [4.69, 9.17) is 17.3 Å². The van der Waals surface area contributed by atoms with Gasteiger partial charge in [0, 0.05) is 13.2 Å². The number of carbonyl (C=O) groups is 1. The third kappa shape index (κ3) is 3.52. The number of amides is 1. The van der Waals surface area contributed by atoms with E-state index in [0.29, 0.717) is 5.69 Å². The Labute approximate surface area is 104 Å². The first-order valence-corrected chi connectivity index (χ1v) is 4.72. The lowest BCUT2D eigenvalue weighted by Crippen LogP contribution is -2.33. The molecule has 0 bridgehead atoms. The largest absolute Gasteiger partial charge is 0.323 e. The maximum atomic E-state index is 11.3. The number of halogens is 2. The van der Waals surface area contributed by atoms with Crippen molar-refractivity contribution < 1.29 is 4.79 Å². The van der Waals surface area contributed by atoms with E-state index >= 15 is 0 Å². The molecular formula is C9H13Cl2N3O2. The summed E-state index contributed by atoms with van der Waals surface area (Å²) in [5, 5.41) is 2.60. The van der Waals surface area contributed by atoms with E-state index < -0.39 is 6.04 Å². The second-order valence-corrected chi connectivity index (χ2v) is 3.68. The molecule has 1 aromatic rings. The summed E-state index contributed by atoms with van der Waals surface area (Å²) >= 11 is 5.67. The molecule has 0 spiro atoms. The minimum absolute atomic E-state index is 0. The fraction of sp³-hybridized carbons (Fsp3) is 0.333. The van der Waals surface area contributed by atoms with Crippen LogP contribution in [0.2, 0.25) is 5.02 Å². The quantitative estimate of drug-likeness (QED) is 0.829. The van der Waals surface area contributed by atoms with Gasteiger partial charge >= 0.3 is 0 Å². The molecule has 0 saturated heterocycles. The van der Waals surface area contributed by atoms with Gasteiger partial charge in [0.25, 0.3) is 5.56 Å². The van der Waals surface area contributed by atoms with Crippen LogP contribution in [-0.2, 0) is 11.8 Å². The average molecular weight is 266 g/mol. The van der Waals surface area contributed by atoms with E-state index in [1.165, 1.54) is 16.8 Å². The molecule has 3 N–H and O–H groups in total. The van der Waals surface area contributed by atoms with Crippen LogP contribution in [0, 0.1) is 0 Å². The van der Waals surface area contributed by atoms with Gasteiger partial charge in [0.15, 0.2) is 0 Å². The summed E-state index contributed by atoms with van der Waals surface area (Å²) in [4.78, 5) is 22.5. The van der Waals surface area contributed by atoms with Crippen molar-refractivity contribution >= 4 is 35.6 Å². The highest BCUT2D eigenvalue weighted by Gasteiger charge is 2.09. The molecule has 0 aliphatic rings. The van der Waals surface area contributed by atoms with Crippen molar-refractivity contribution in [2.24, 2.45) is 12.8 Å². The van der Waals surface area contributed by atoms with Crippen molar-refractivity contribution in [3.05, 3.63) is 27.6 Å². The minimum Gasteiger partial charge on any atom is -0.323 e. The second kappa shape index (κ2) is 5.89. The van der Waals surface area contributed by atoms with Gasteiger partial charge in [-0.05, 0) is 13.0 Å². The molecular weight excluding hydrogens is 253 g/mol. The Kier molecular flexibility index (Phi) is 5.50. The van der Waals surface area contributed by atoms with E-state index in [0.717, 1.165) is 0 Å². The summed E-state index contributed by atoms with van der Waals surface area (Å²) in [6.45, 7) is 1.57. The molecule has 1 heterocycles. The van der Waals surface area contributed by atoms with Crippen LogP contribution in [-0.4, -0.2) is 16.5 Å². The molecule has 0 radical (unpaired) electrons. The standard InChI is InChI=1S/C9H12ClN3O2.ClH/c1-5(11)8(14)12-6-3-7(10)9(15)13(2)4-6;/h3-5H,11H2,1-2H3,(H,12,14);1H. The second-order valence-electron chi connectivity index (χ2n) is 3.27. The van der Waals surface area contributed by atoms with Crippen LogP contribution < -0.4 is 16.6 Å². The molecule has 0 saturated carbocycles. The Morgan fingerprint density at radius 1 is 1.62 bits per heavy atom. The molecule has 0 aromatic carbocycles. The fourth-order valence-electron chi connectivity index (χ4n) is 0.996. The molecule has 5 nitrogen and oxygen atoms in total. The predicted molar refractivity (Wildman–Crippen MR) is 66.2 cm³/mol. The summed E-state index contributed by atoms with van der Waals surface area (Å²) in [6, 6.07) is 0.783. The maximum absolute atomic E-state index is 11.3. The van der Waals surface area contributed by atoms with Crippen LogP contribution in [0.4, 0.5) is 5.69 Å². The van der Waals surface area contributed by atoms with Crippen LogP contribution >= 0.6 is 24.0 Å². The number of hydrogen-bond acceptors (Lipinski definition) is 3. The zero-order valence-corrected chi connectivity index (χ0v) is 10.4. The smallest absolute Gasteiger partial charge is 0.269 e. The maximum Gasteiger partial charge on any atom is 0.269 e. The van der Waals surface area contributed by atoms with E-state index in [1.54, 1.807) is 14.0 Å². The van der Waals surface area contributed by atoms with Gasteiger partial charge in [0.2, 0.25) is 5.91 Å². The van der Waals surface area contributed by atoms with Crippen molar-refractivity contribution in [1.29, 1.82) is 0 Å². The zero-order valence-electron chi connectivity index (χ0n) is 8.86. The topological polar surface area (TPSA) is 77.1 Å². The molecule has 1 atom stereocenters. The number of rotatable bonds is 2. The minimum atomic E-state index is -0.610. The van der Waals surface area contributed by atoms with Crippen molar-refractivity contribution in [3.8, 4) is 0 Å². The number of anilines is 1. The monoisotopic (exact) mass is 265 g/mol. The van der Waals surface area contributed by atoms with Gasteiger partial charge in [0.1, 0.15) is 5.02 Å². The lowest BCUT2D eigenvalue weighted by Gasteiger charge is -2.09. The van der Waals surface area contributed by atoms with E-state index in [-0.39, 0.29) is 28.9 Å². The van der Waals surface area contributed by atoms with E-state index in [2.05, 4.69) is 5.32 Å². The van der Waals surface area contributed by atoms with Crippen LogP contribution in [0.25, 0.3) is 0 Å². The Hall–Kier alpha value is -1.04. The molecule has 1 amide bonds. The molecule has 1 unspecified atom stereocenters. The first kappa shape index (κ1) is 15.0. The highest BCUT2D eigenvalue weighted by Crippen LogP contribution is 2.10. The van der Waals surface area contributed by atoms with Gasteiger partial charge in [-0.2, -0.15) is 0 Å². The zero-order chi connectivity index (χ0) is 11.6. The van der Waals surface area contributed by atoms with Crippen molar-refractivity contribution in [1.82, 2.24) is 4.57 Å². The van der Waals surface area contributed by atoms with Crippen LogP contribution in [0.1, 0.15) is 6.92 Å². The fourth-order valence-corrected chi connectivity index (χ4v) is 1.25. The summed E-state index contributed by atoms with van der Waals surface area (Å²) < 4.78 is 1.29. The van der Waals surface area contributed by atoms with Gasteiger partial charge in [-0.3, -0.25) is 9.59 Å². The number of aryl methyl sites for hydroxylation is 1. The number of aromatic nitrogens is 1. The van der Waals surface area contributed by atoms with Crippen LogP contribution in [0.5, 0.6) is 0 Å². The highest BCUT2D eigenvalue weighted by molar-refractivity contribution is 6.30. The Morgan fingerprint density at radius 3 is 2.62 bits per heavy atom. The Morgan fingerprint density at radius 2 is 2.19 bits per heavy atom. The molecule has 16 heavy (non-hydrogen) atoms. The van der Waals surface area contributed by atoms with Crippen LogP contribution in [0.3, 0.4) is 0 Å². The predicted octanol–water partition coefficient (Wildman–Crippen LogP) is 0.746. The van der Waals surface area contributed by atoms with Gasteiger partial charge in [-0.15, -0.1) is 12.4 Å². The Bertz CT molecular complexity index is 417. The molecule has 90 valence electrons. The van der Waals surface area contributed by atoms with Gasteiger partial charge in [-0.1, -0.05) is 11.6 Å². The number of carbonyl (C=O) groups excluding carboxylic acids is 1. The van der Waals surface area contributed by atoms with Gasteiger partial charge < -0.3 is 15.6 Å². The molecule has 0 fully saturated rings. The molecule has 0 aliphatic heterocycles. The summed E-state index contributed by atoms with van der Waals surface area (Å²) in [7, 11) is 1.55. The first-order chi connectivity index (χ1) is 6.91. The number of nitrogens with two attached hydrogens (primary N) is 1. The third-order valence-corrected chi connectivity index (χ3v) is 2.09. The lowest BCUT2D eigenvalue weighted by molar-refractivity contribution is -0.117. The van der Waals surface area contributed by atoms with E-state index in [1.807, 2.05) is 0 Å². The Balaban J connectivity index is 0.00000225. The number of nitrogens with zero attached hydrogens (tertiary/aromatic N) is 1. The summed E-state index contributed by atoms with van der Waals surface area (Å²) in [6.07, 6.45) is 1.48. The highest BCUT2D eigenvalue weighted by atomic mass is 35.5. The van der Waals surface area contributed by atoms with Crippen molar-refractivity contribution in [3.63, 3.8) is 0 Å². The number of hydrogen-bond donors (Lipinski definition) is 2. The molecule has 1 aromatic heterocycles. The van der Waals surface area contributed by atoms with Crippen molar-refractivity contribution in [2.75, 3.05) is 5.32 Å². The SMILES string of the molecule is CC(N)C(=O)Nc1cc(Cl)c(=O)n(C)c1.Cl. The molecule has 1 rings (SSSR count).